The van der Waals surface area contributed by atoms with Gasteiger partial charge in [0.1, 0.15) is 11.6 Å². The summed E-state index contributed by atoms with van der Waals surface area (Å²) in [4.78, 5) is 12.9. The largest absolute Gasteiger partial charge is 0.494 e. The SMILES string of the molecule is CCOc1ccc(CN(C)C(=NC)NCc2cccnc2N(C)C)cc1. The van der Waals surface area contributed by atoms with Crippen LogP contribution in [0.3, 0.4) is 0 Å². The van der Waals surface area contributed by atoms with Crippen molar-refractivity contribution in [2.75, 3.05) is 39.7 Å². The lowest BCUT2D eigenvalue weighted by Crippen LogP contribution is -2.38. The van der Waals surface area contributed by atoms with E-state index in [0.717, 1.165) is 29.6 Å². The van der Waals surface area contributed by atoms with E-state index in [1.54, 1.807) is 7.05 Å². The van der Waals surface area contributed by atoms with Crippen molar-refractivity contribution >= 4 is 11.8 Å². The average molecular weight is 355 g/mol. The molecule has 0 fully saturated rings. The van der Waals surface area contributed by atoms with E-state index in [-0.39, 0.29) is 0 Å². The molecular weight excluding hydrogens is 326 g/mol. The Labute approximate surface area is 156 Å². The second-order valence-corrected chi connectivity index (χ2v) is 6.21. The average Bonchev–Trinajstić information content (AvgIpc) is 2.64. The predicted molar refractivity (Wildman–Crippen MR) is 108 cm³/mol. The molecule has 6 heteroatoms. The number of anilines is 1. The van der Waals surface area contributed by atoms with E-state index in [0.29, 0.717) is 13.2 Å². The Morgan fingerprint density at radius 1 is 1.15 bits per heavy atom. The molecule has 2 rings (SSSR count). The van der Waals surface area contributed by atoms with Crippen molar-refractivity contribution < 1.29 is 4.74 Å². The van der Waals surface area contributed by atoms with E-state index >= 15 is 0 Å². The third-order valence-corrected chi connectivity index (χ3v) is 3.96. The van der Waals surface area contributed by atoms with Crippen molar-refractivity contribution in [2.45, 2.75) is 20.0 Å². The number of aromatic nitrogens is 1. The number of benzene rings is 1. The van der Waals surface area contributed by atoms with Crippen LogP contribution in [-0.2, 0) is 13.1 Å². The van der Waals surface area contributed by atoms with Crippen LogP contribution >= 0.6 is 0 Å². The maximum Gasteiger partial charge on any atom is 0.193 e. The normalized spacial score (nSPS) is 11.2. The quantitative estimate of drug-likeness (QED) is 0.611. The van der Waals surface area contributed by atoms with Crippen molar-refractivity contribution in [2.24, 2.45) is 4.99 Å². The van der Waals surface area contributed by atoms with Crippen LogP contribution < -0.4 is 15.0 Å². The number of pyridine rings is 1. The summed E-state index contributed by atoms with van der Waals surface area (Å²) in [5, 5.41) is 3.42. The van der Waals surface area contributed by atoms with Gasteiger partial charge in [-0.05, 0) is 30.7 Å². The number of guanidine groups is 1. The summed E-state index contributed by atoms with van der Waals surface area (Å²) in [5.41, 5.74) is 2.34. The highest BCUT2D eigenvalue weighted by Crippen LogP contribution is 2.15. The number of nitrogens with zero attached hydrogens (tertiary/aromatic N) is 4. The van der Waals surface area contributed by atoms with Crippen LogP contribution in [0, 0.1) is 0 Å². The highest BCUT2D eigenvalue weighted by molar-refractivity contribution is 5.79. The molecule has 6 nitrogen and oxygen atoms in total. The van der Waals surface area contributed by atoms with Crippen LogP contribution in [0.15, 0.2) is 47.6 Å². The summed E-state index contributed by atoms with van der Waals surface area (Å²) in [6, 6.07) is 12.2. The first-order valence-corrected chi connectivity index (χ1v) is 8.79. The molecule has 0 aliphatic heterocycles. The van der Waals surface area contributed by atoms with Crippen LogP contribution in [0.1, 0.15) is 18.1 Å². The van der Waals surface area contributed by atoms with Gasteiger partial charge in [0.05, 0.1) is 6.61 Å². The molecule has 1 aromatic carbocycles. The zero-order valence-electron chi connectivity index (χ0n) is 16.4. The van der Waals surface area contributed by atoms with E-state index in [1.165, 1.54) is 5.56 Å². The number of aliphatic imine (C=N–C) groups is 1. The molecule has 0 spiro atoms. The Kier molecular flexibility index (Phi) is 7.26. The van der Waals surface area contributed by atoms with Crippen molar-refractivity contribution in [1.29, 1.82) is 0 Å². The summed E-state index contributed by atoms with van der Waals surface area (Å²) in [6.45, 7) is 4.10. The minimum Gasteiger partial charge on any atom is -0.494 e. The van der Waals surface area contributed by atoms with Gasteiger partial charge >= 0.3 is 0 Å². The summed E-state index contributed by atoms with van der Waals surface area (Å²) in [5.74, 6) is 2.70. The van der Waals surface area contributed by atoms with Crippen molar-refractivity contribution in [3.63, 3.8) is 0 Å². The molecule has 0 radical (unpaired) electrons. The highest BCUT2D eigenvalue weighted by Gasteiger charge is 2.10. The lowest BCUT2D eigenvalue weighted by Gasteiger charge is -2.23. The molecule has 140 valence electrons. The summed E-state index contributed by atoms with van der Waals surface area (Å²) >= 11 is 0. The molecule has 0 aliphatic carbocycles. The first-order valence-electron chi connectivity index (χ1n) is 8.79. The molecule has 0 aliphatic rings. The van der Waals surface area contributed by atoms with Crippen LogP contribution in [0.4, 0.5) is 5.82 Å². The Hall–Kier alpha value is -2.76. The maximum atomic E-state index is 5.49. The monoisotopic (exact) mass is 355 g/mol. The fraction of sp³-hybridized carbons (Fsp3) is 0.400. The van der Waals surface area contributed by atoms with Gasteiger partial charge in [-0.1, -0.05) is 18.2 Å². The van der Waals surface area contributed by atoms with E-state index in [1.807, 2.05) is 57.4 Å². The van der Waals surface area contributed by atoms with Crippen LogP contribution in [0.5, 0.6) is 5.75 Å². The van der Waals surface area contributed by atoms with Gasteiger partial charge in [-0.3, -0.25) is 4.99 Å². The second kappa shape index (κ2) is 9.65. The van der Waals surface area contributed by atoms with E-state index in [9.17, 15) is 0 Å². The Bertz CT molecular complexity index is 712. The standard InChI is InChI=1S/C20H29N5O/c1-6-26-18-11-9-16(10-12-18)15-25(5)20(21-2)23-14-17-8-7-13-22-19(17)24(3)4/h7-13H,6,14-15H2,1-5H3,(H,21,23). The molecule has 0 saturated carbocycles. The van der Waals surface area contributed by atoms with E-state index < -0.39 is 0 Å². The van der Waals surface area contributed by atoms with Crippen molar-refractivity contribution in [3.05, 3.63) is 53.7 Å². The molecule has 1 aromatic heterocycles. The van der Waals surface area contributed by atoms with Crippen molar-refractivity contribution in [3.8, 4) is 5.75 Å². The van der Waals surface area contributed by atoms with Gasteiger partial charge in [0, 0.05) is 53.0 Å². The topological polar surface area (TPSA) is 53.0 Å². The molecule has 2 aromatic rings. The Balaban J connectivity index is 1.98. The predicted octanol–water partition coefficient (Wildman–Crippen LogP) is 2.75. The summed E-state index contributed by atoms with van der Waals surface area (Å²) in [6.07, 6.45) is 1.81. The minimum absolute atomic E-state index is 0.668. The van der Waals surface area contributed by atoms with Gasteiger partial charge in [0.2, 0.25) is 0 Å². The van der Waals surface area contributed by atoms with Crippen LogP contribution in [-0.4, -0.2) is 50.6 Å². The first kappa shape index (κ1) is 19.6. The Morgan fingerprint density at radius 3 is 2.50 bits per heavy atom. The van der Waals surface area contributed by atoms with Crippen LogP contribution in [0.25, 0.3) is 0 Å². The fourth-order valence-corrected chi connectivity index (χ4v) is 2.74. The number of nitrogens with one attached hydrogen (secondary N) is 1. The molecule has 1 heterocycles. The molecule has 0 unspecified atom stereocenters. The second-order valence-electron chi connectivity index (χ2n) is 6.21. The zero-order valence-corrected chi connectivity index (χ0v) is 16.4. The van der Waals surface area contributed by atoms with Gasteiger partial charge in [-0.25, -0.2) is 4.98 Å². The molecule has 1 N–H and O–H groups in total. The number of hydrogen-bond donors (Lipinski definition) is 1. The molecule has 0 saturated heterocycles. The van der Waals surface area contributed by atoms with E-state index in [2.05, 4.69) is 38.4 Å². The van der Waals surface area contributed by atoms with Gasteiger partial charge < -0.3 is 19.9 Å². The molecule has 0 atom stereocenters. The third kappa shape index (κ3) is 5.37. The highest BCUT2D eigenvalue weighted by atomic mass is 16.5. The molecule has 0 amide bonds. The van der Waals surface area contributed by atoms with Crippen molar-refractivity contribution in [1.82, 2.24) is 15.2 Å². The first-order chi connectivity index (χ1) is 12.5. The van der Waals surface area contributed by atoms with Gasteiger partial charge in [-0.2, -0.15) is 0 Å². The molecular formula is C20H29N5O. The summed E-state index contributed by atoms with van der Waals surface area (Å²) in [7, 11) is 7.83. The minimum atomic E-state index is 0.668. The maximum absolute atomic E-state index is 5.49. The molecule has 26 heavy (non-hydrogen) atoms. The number of hydrogen-bond acceptors (Lipinski definition) is 4. The van der Waals surface area contributed by atoms with Gasteiger partial charge in [0.25, 0.3) is 0 Å². The van der Waals surface area contributed by atoms with Crippen LogP contribution in [0.2, 0.25) is 0 Å². The fourth-order valence-electron chi connectivity index (χ4n) is 2.74. The lowest BCUT2D eigenvalue weighted by atomic mass is 10.2. The number of rotatable bonds is 7. The van der Waals surface area contributed by atoms with Gasteiger partial charge in [-0.15, -0.1) is 0 Å². The number of ether oxygens (including phenoxy) is 1. The Morgan fingerprint density at radius 2 is 1.88 bits per heavy atom. The smallest absolute Gasteiger partial charge is 0.193 e. The third-order valence-electron chi connectivity index (χ3n) is 3.96. The zero-order chi connectivity index (χ0) is 18.9. The summed E-state index contributed by atoms with van der Waals surface area (Å²) < 4.78 is 5.49. The van der Waals surface area contributed by atoms with E-state index in [4.69, 9.17) is 4.74 Å². The van der Waals surface area contributed by atoms with Gasteiger partial charge in [0.15, 0.2) is 5.96 Å². The lowest BCUT2D eigenvalue weighted by molar-refractivity contribution is 0.340. The molecule has 0 bridgehead atoms.